The lowest BCUT2D eigenvalue weighted by Crippen LogP contribution is -2.38. The molecule has 0 aromatic heterocycles. The van der Waals surface area contributed by atoms with Crippen LogP contribution in [0.1, 0.15) is 142 Å². The zero-order valence-electron chi connectivity index (χ0n) is 27.4. The van der Waals surface area contributed by atoms with Gasteiger partial charge in [-0.25, -0.2) is 0 Å². The Kier molecular flexibility index (Phi) is 10.8. The third-order valence-electron chi connectivity index (χ3n) is 12.7. The Balaban J connectivity index is 1.14. The van der Waals surface area contributed by atoms with Gasteiger partial charge in [0.1, 0.15) is 0 Å². The van der Waals surface area contributed by atoms with E-state index < -0.39 is 0 Å². The largest absolute Gasteiger partial charge is 0.0885 e. The molecule has 6 aliphatic rings. The average Bonchev–Trinajstić information content (AvgIpc) is 3.07. The summed E-state index contributed by atoms with van der Waals surface area (Å²) >= 11 is 0. The number of rotatable bonds is 10. The van der Waals surface area contributed by atoms with Gasteiger partial charge in [0.05, 0.1) is 0 Å². The molecular weight excluding hydrogens is 504 g/mol. The van der Waals surface area contributed by atoms with E-state index >= 15 is 0 Å². The second kappa shape index (κ2) is 14.9. The maximum atomic E-state index is 2.83. The lowest BCUT2D eigenvalue weighted by Gasteiger charge is -2.47. The molecular formula is C42H62. The van der Waals surface area contributed by atoms with Crippen LogP contribution in [0.4, 0.5) is 0 Å². The smallest absolute Gasteiger partial charge is 0.000807 e. The van der Waals surface area contributed by atoms with Crippen molar-refractivity contribution in [3.63, 3.8) is 0 Å². The van der Waals surface area contributed by atoms with Crippen molar-refractivity contribution in [2.75, 3.05) is 0 Å². The first-order valence-electron chi connectivity index (χ1n) is 18.9. The molecule has 0 aliphatic heterocycles. The van der Waals surface area contributed by atoms with Gasteiger partial charge in [-0.1, -0.05) is 100 Å². The molecule has 0 saturated heterocycles. The van der Waals surface area contributed by atoms with Crippen LogP contribution in [0.2, 0.25) is 0 Å². The Hall–Kier alpha value is -1.56. The predicted molar refractivity (Wildman–Crippen MR) is 182 cm³/mol. The van der Waals surface area contributed by atoms with Crippen LogP contribution in [-0.4, -0.2) is 0 Å². The number of unbranched alkanes of at least 4 members (excludes halogenated alkanes) is 1. The van der Waals surface area contributed by atoms with Crippen molar-refractivity contribution >= 4 is 0 Å². The van der Waals surface area contributed by atoms with Gasteiger partial charge in [-0.3, -0.25) is 0 Å². The second-order valence-corrected chi connectivity index (χ2v) is 15.2. The van der Waals surface area contributed by atoms with Crippen molar-refractivity contribution in [3.05, 3.63) is 70.9 Å². The molecule has 0 bridgehead atoms. The number of allylic oxidation sites excluding steroid dienone is 12. The lowest BCUT2D eigenvalue weighted by molar-refractivity contribution is 0.104. The zero-order chi connectivity index (χ0) is 28.7. The van der Waals surface area contributed by atoms with E-state index in [0.29, 0.717) is 0 Å². The Bertz CT molecular complexity index is 1070. The molecule has 0 N–H and O–H groups in total. The number of hydrogen-bond donors (Lipinski definition) is 0. The summed E-state index contributed by atoms with van der Waals surface area (Å²) in [4.78, 5) is 0. The molecule has 0 aromatic carbocycles. The van der Waals surface area contributed by atoms with Crippen molar-refractivity contribution < 1.29 is 0 Å². The van der Waals surface area contributed by atoms with Gasteiger partial charge in [0.2, 0.25) is 0 Å². The van der Waals surface area contributed by atoms with Crippen LogP contribution < -0.4 is 0 Å². The molecule has 42 heavy (non-hydrogen) atoms. The van der Waals surface area contributed by atoms with Crippen LogP contribution in [0.5, 0.6) is 0 Å². The molecule has 0 spiro atoms. The SMILES string of the molecule is CCCCC(CCC)C1=CCCC(C2=CCC(C3C=CC(C4=CC(C5CC=CCC5)CCC4)C4CCCCC34)CC2)=C1. The van der Waals surface area contributed by atoms with Crippen molar-refractivity contribution in [1.29, 1.82) is 0 Å². The molecule has 6 aliphatic carbocycles. The summed E-state index contributed by atoms with van der Waals surface area (Å²) in [5, 5.41) is 0. The van der Waals surface area contributed by atoms with Gasteiger partial charge in [-0.15, -0.1) is 0 Å². The molecule has 8 unspecified atom stereocenters. The second-order valence-electron chi connectivity index (χ2n) is 15.2. The Morgan fingerprint density at radius 3 is 2.40 bits per heavy atom. The monoisotopic (exact) mass is 566 g/mol. The van der Waals surface area contributed by atoms with Crippen molar-refractivity contribution in [1.82, 2.24) is 0 Å². The predicted octanol–water partition coefficient (Wildman–Crippen LogP) is 12.7. The molecule has 0 radical (unpaired) electrons. The highest BCUT2D eigenvalue weighted by Gasteiger charge is 2.42. The molecule has 230 valence electrons. The van der Waals surface area contributed by atoms with Crippen LogP contribution in [-0.2, 0) is 0 Å². The van der Waals surface area contributed by atoms with Crippen LogP contribution >= 0.6 is 0 Å². The van der Waals surface area contributed by atoms with E-state index in [0.717, 1.165) is 47.3 Å². The van der Waals surface area contributed by atoms with Gasteiger partial charge in [0.25, 0.3) is 0 Å². The van der Waals surface area contributed by atoms with Crippen LogP contribution in [0.3, 0.4) is 0 Å². The summed E-state index contributed by atoms with van der Waals surface area (Å²) in [5.41, 5.74) is 6.95. The first-order chi connectivity index (χ1) is 20.7. The third-order valence-corrected chi connectivity index (χ3v) is 12.7. The Labute approximate surface area is 260 Å². The third kappa shape index (κ3) is 7.05. The first-order valence-corrected chi connectivity index (χ1v) is 18.9. The molecule has 1 fully saturated rings. The molecule has 1 saturated carbocycles. The van der Waals surface area contributed by atoms with Gasteiger partial charge in [-0.05, 0) is 154 Å². The first kappa shape index (κ1) is 30.5. The highest BCUT2D eigenvalue weighted by molar-refractivity contribution is 5.42. The van der Waals surface area contributed by atoms with Crippen LogP contribution in [0.15, 0.2) is 70.9 Å². The van der Waals surface area contributed by atoms with Gasteiger partial charge in [0.15, 0.2) is 0 Å². The van der Waals surface area contributed by atoms with Crippen LogP contribution in [0.25, 0.3) is 0 Å². The number of hydrogen-bond acceptors (Lipinski definition) is 0. The molecule has 8 atom stereocenters. The fraction of sp³-hybridized carbons (Fsp3) is 0.714. The fourth-order valence-corrected chi connectivity index (χ4v) is 10.4. The van der Waals surface area contributed by atoms with E-state index in [4.69, 9.17) is 0 Å². The highest BCUT2D eigenvalue weighted by atomic mass is 14.5. The van der Waals surface area contributed by atoms with E-state index in [2.05, 4.69) is 62.5 Å². The van der Waals surface area contributed by atoms with Gasteiger partial charge in [-0.2, -0.15) is 0 Å². The molecule has 0 heterocycles. The van der Waals surface area contributed by atoms with Gasteiger partial charge >= 0.3 is 0 Å². The average molecular weight is 567 g/mol. The molecule has 0 aromatic rings. The van der Waals surface area contributed by atoms with E-state index in [9.17, 15) is 0 Å². The normalized spacial score (nSPS) is 35.9. The van der Waals surface area contributed by atoms with Gasteiger partial charge in [0, 0.05) is 5.92 Å². The standard InChI is InChI=1S/C42H62/c1-3-5-14-31(13-4-2)35-17-11-18-36(29-35)33-23-25-34(26-24-33)39-27-28-40(42-22-10-9-21-41(39)42)38-20-12-19-37(30-38)32-15-7-6-8-16-32/h6-7,17,23,27-32,34,37,39-42H,3-5,8-16,18-22,24-26H2,1-2H3. The summed E-state index contributed by atoms with van der Waals surface area (Å²) in [6.07, 6.45) is 48.8. The molecule has 0 nitrogen and oxygen atoms in total. The zero-order valence-corrected chi connectivity index (χ0v) is 27.4. The van der Waals surface area contributed by atoms with E-state index in [1.807, 2.05) is 5.57 Å². The van der Waals surface area contributed by atoms with Crippen molar-refractivity contribution in [3.8, 4) is 0 Å². The van der Waals surface area contributed by atoms with Crippen LogP contribution in [0, 0.1) is 47.3 Å². The van der Waals surface area contributed by atoms with E-state index in [1.165, 1.54) is 128 Å². The molecule has 0 amide bonds. The van der Waals surface area contributed by atoms with Crippen molar-refractivity contribution in [2.24, 2.45) is 47.3 Å². The van der Waals surface area contributed by atoms with Crippen molar-refractivity contribution in [2.45, 2.75) is 142 Å². The van der Waals surface area contributed by atoms with E-state index in [1.54, 1.807) is 16.7 Å². The Morgan fingerprint density at radius 1 is 0.714 bits per heavy atom. The molecule has 0 heteroatoms. The Morgan fingerprint density at radius 2 is 1.62 bits per heavy atom. The number of fused-ring (bicyclic) bond motifs is 1. The summed E-state index contributed by atoms with van der Waals surface area (Å²) < 4.78 is 0. The minimum atomic E-state index is 0.754. The summed E-state index contributed by atoms with van der Waals surface area (Å²) in [7, 11) is 0. The topological polar surface area (TPSA) is 0 Å². The summed E-state index contributed by atoms with van der Waals surface area (Å²) in [5.74, 6) is 6.86. The summed E-state index contributed by atoms with van der Waals surface area (Å²) in [6, 6.07) is 0. The highest BCUT2D eigenvalue weighted by Crippen LogP contribution is 2.52. The summed E-state index contributed by atoms with van der Waals surface area (Å²) in [6.45, 7) is 4.71. The minimum Gasteiger partial charge on any atom is -0.0885 e. The van der Waals surface area contributed by atoms with Gasteiger partial charge < -0.3 is 0 Å². The van der Waals surface area contributed by atoms with E-state index in [-0.39, 0.29) is 0 Å². The minimum absolute atomic E-state index is 0.754. The maximum Gasteiger partial charge on any atom is 0.000807 e. The maximum absolute atomic E-state index is 2.83. The molecule has 6 rings (SSSR count). The lowest BCUT2D eigenvalue weighted by atomic mass is 9.57. The quantitative estimate of drug-likeness (QED) is 0.231. The fourth-order valence-electron chi connectivity index (χ4n) is 10.4.